The Kier molecular flexibility index (Phi) is 4.16. The molecular weight excluding hydrogens is 285 g/mol. The van der Waals surface area contributed by atoms with Crippen LogP contribution in [0.25, 0.3) is 5.69 Å². The fraction of sp³-hybridized carbons (Fsp3) is 0.308. The summed E-state index contributed by atoms with van der Waals surface area (Å²) in [6, 6.07) is 5.70. The van der Waals surface area contributed by atoms with Gasteiger partial charge < -0.3 is 10.5 Å². The maximum atomic E-state index is 6.27. The van der Waals surface area contributed by atoms with Crippen molar-refractivity contribution < 1.29 is 4.74 Å². The Morgan fingerprint density at radius 3 is 3.00 bits per heavy atom. The van der Waals surface area contributed by atoms with Crippen molar-refractivity contribution >= 4 is 24.0 Å². The van der Waals surface area contributed by atoms with Crippen LogP contribution in [0.15, 0.2) is 24.4 Å². The van der Waals surface area contributed by atoms with Crippen LogP contribution in [0.2, 0.25) is 5.02 Å². The minimum Gasteiger partial charge on any atom is -0.373 e. The van der Waals surface area contributed by atoms with Gasteiger partial charge in [0.05, 0.1) is 41.9 Å². The number of rotatable bonds is 1. The third kappa shape index (κ3) is 2.37. The quantitative estimate of drug-likeness (QED) is 0.881. The summed E-state index contributed by atoms with van der Waals surface area (Å²) in [4.78, 5) is 0. The van der Waals surface area contributed by atoms with Crippen LogP contribution in [0.1, 0.15) is 22.9 Å². The van der Waals surface area contributed by atoms with E-state index < -0.39 is 0 Å². The molecule has 1 atom stereocenters. The van der Waals surface area contributed by atoms with E-state index in [-0.39, 0.29) is 18.4 Å². The number of aromatic nitrogens is 2. The van der Waals surface area contributed by atoms with Crippen molar-refractivity contribution in [2.24, 2.45) is 5.73 Å². The first-order valence-corrected chi connectivity index (χ1v) is 6.22. The zero-order valence-corrected chi connectivity index (χ0v) is 12.0. The molecule has 0 saturated carbocycles. The monoisotopic (exact) mass is 299 g/mol. The molecule has 0 saturated heterocycles. The molecule has 2 aromatic rings. The van der Waals surface area contributed by atoms with Crippen molar-refractivity contribution in [3.05, 3.63) is 46.2 Å². The number of hydrogen-bond donors (Lipinski definition) is 1. The molecule has 0 radical (unpaired) electrons. The summed E-state index contributed by atoms with van der Waals surface area (Å²) >= 11 is 6.27. The molecule has 6 heteroatoms. The second-order valence-electron chi connectivity index (χ2n) is 4.49. The number of benzene rings is 1. The van der Waals surface area contributed by atoms with Crippen molar-refractivity contribution in [2.45, 2.75) is 19.6 Å². The summed E-state index contributed by atoms with van der Waals surface area (Å²) in [5, 5.41) is 5.09. The van der Waals surface area contributed by atoms with Gasteiger partial charge in [-0.15, -0.1) is 12.4 Å². The summed E-state index contributed by atoms with van der Waals surface area (Å²) in [5.41, 5.74) is 10.0. The van der Waals surface area contributed by atoms with Gasteiger partial charge in [0.15, 0.2) is 0 Å². The summed E-state index contributed by atoms with van der Waals surface area (Å²) < 4.78 is 7.32. The third-order valence-electron chi connectivity index (χ3n) is 3.24. The average molecular weight is 300 g/mol. The molecule has 102 valence electrons. The molecule has 19 heavy (non-hydrogen) atoms. The van der Waals surface area contributed by atoms with E-state index in [4.69, 9.17) is 22.1 Å². The molecule has 2 N–H and O–H groups in total. The average Bonchev–Trinajstić information content (AvgIpc) is 2.75. The van der Waals surface area contributed by atoms with Crippen molar-refractivity contribution in [1.29, 1.82) is 0 Å². The minimum atomic E-state index is -0.106. The maximum absolute atomic E-state index is 6.27. The first kappa shape index (κ1) is 14.3. The van der Waals surface area contributed by atoms with E-state index in [1.54, 1.807) is 0 Å². The van der Waals surface area contributed by atoms with Crippen LogP contribution in [0.4, 0.5) is 0 Å². The Morgan fingerprint density at radius 1 is 1.47 bits per heavy atom. The molecule has 1 aliphatic heterocycles. The van der Waals surface area contributed by atoms with Crippen LogP contribution in [-0.2, 0) is 11.3 Å². The van der Waals surface area contributed by atoms with Crippen LogP contribution in [0, 0.1) is 6.92 Å². The molecule has 0 fully saturated rings. The second-order valence-corrected chi connectivity index (χ2v) is 4.89. The predicted molar refractivity (Wildman–Crippen MR) is 77.1 cm³/mol. The van der Waals surface area contributed by atoms with Gasteiger partial charge in [0.25, 0.3) is 0 Å². The highest BCUT2D eigenvalue weighted by Crippen LogP contribution is 2.29. The zero-order valence-electron chi connectivity index (χ0n) is 10.5. The molecule has 1 aromatic heterocycles. The number of halogens is 2. The van der Waals surface area contributed by atoms with E-state index in [9.17, 15) is 0 Å². The van der Waals surface area contributed by atoms with Crippen LogP contribution in [0.3, 0.4) is 0 Å². The number of ether oxygens (including phenoxy) is 1. The summed E-state index contributed by atoms with van der Waals surface area (Å²) in [7, 11) is 0. The highest BCUT2D eigenvalue weighted by Gasteiger charge is 2.23. The van der Waals surface area contributed by atoms with Gasteiger partial charge in [0.2, 0.25) is 0 Å². The van der Waals surface area contributed by atoms with Gasteiger partial charge in [-0.3, -0.25) is 0 Å². The van der Waals surface area contributed by atoms with Gasteiger partial charge in [-0.25, -0.2) is 4.68 Å². The molecule has 0 spiro atoms. The molecule has 1 aromatic carbocycles. The molecule has 0 bridgehead atoms. The van der Waals surface area contributed by atoms with E-state index in [0.717, 1.165) is 22.5 Å². The van der Waals surface area contributed by atoms with Gasteiger partial charge in [-0.2, -0.15) is 5.10 Å². The second kappa shape index (κ2) is 5.51. The highest BCUT2D eigenvalue weighted by molar-refractivity contribution is 6.32. The van der Waals surface area contributed by atoms with Crippen LogP contribution >= 0.6 is 24.0 Å². The van der Waals surface area contributed by atoms with Gasteiger partial charge in [0, 0.05) is 5.56 Å². The first-order chi connectivity index (χ1) is 8.68. The minimum absolute atomic E-state index is 0. The maximum Gasteiger partial charge on any atom is 0.0893 e. The number of hydrogen-bond acceptors (Lipinski definition) is 3. The number of nitrogens with two attached hydrogens (primary N) is 1. The molecular formula is C13H15Cl2N3O. The lowest BCUT2D eigenvalue weighted by Gasteiger charge is -2.21. The van der Waals surface area contributed by atoms with Gasteiger partial charge in [0.1, 0.15) is 0 Å². The number of aryl methyl sites for hydroxylation is 1. The van der Waals surface area contributed by atoms with Gasteiger partial charge in [-0.05, 0) is 18.6 Å². The fourth-order valence-corrected chi connectivity index (χ4v) is 2.60. The number of fused-ring (bicyclic) bond motifs is 1. The predicted octanol–water partition coefficient (Wildman–Crippen LogP) is 2.79. The van der Waals surface area contributed by atoms with E-state index in [0.29, 0.717) is 18.2 Å². The number of nitrogens with zero attached hydrogens (tertiary/aromatic N) is 2. The van der Waals surface area contributed by atoms with Crippen LogP contribution in [-0.4, -0.2) is 16.4 Å². The lowest BCUT2D eigenvalue weighted by Crippen LogP contribution is -2.24. The molecule has 4 nitrogen and oxygen atoms in total. The van der Waals surface area contributed by atoms with E-state index in [2.05, 4.69) is 5.10 Å². The normalized spacial score (nSPS) is 17.7. The Labute approximate surface area is 122 Å². The van der Waals surface area contributed by atoms with Crippen molar-refractivity contribution in [3.8, 4) is 5.69 Å². The third-order valence-corrected chi connectivity index (χ3v) is 3.54. The first-order valence-electron chi connectivity index (χ1n) is 5.84. The van der Waals surface area contributed by atoms with Crippen molar-refractivity contribution in [1.82, 2.24) is 9.78 Å². The fourth-order valence-electron chi connectivity index (χ4n) is 2.30. The molecule has 1 unspecified atom stereocenters. The van der Waals surface area contributed by atoms with E-state index in [1.165, 1.54) is 0 Å². The summed E-state index contributed by atoms with van der Waals surface area (Å²) in [5.74, 6) is 0. The van der Waals surface area contributed by atoms with Crippen molar-refractivity contribution in [2.75, 3.05) is 6.61 Å². The molecule has 1 aliphatic rings. The zero-order chi connectivity index (χ0) is 12.7. The van der Waals surface area contributed by atoms with E-state index >= 15 is 0 Å². The lowest BCUT2D eigenvalue weighted by atomic mass is 10.1. The topological polar surface area (TPSA) is 53.1 Å². The van der Waals surface area contributed by atoms with Gasteiger partial charge in [-0.1, -0.05) is 23.7 Å². The van der Waals surface area contributed by atoms with Gasteiger partial charge >= 0.3 is 0 Å². The Hall–Kier alpha value is -1.07. The highest BCUT2D eigenvalue weighted by atomic mass is 35.5. The molecule has 0 amide bonds. The SMILES string of the molecule is Cc1cccc(Cl)c1-n1ncc2c1COCC2N.Cl. The largest absolute Gasteiger partial charge is 0.373 e. The standard InChI is InChI=1S/C13H14ClN3O.ClH/c1-8-3-2-4-10(14)13(8)17-12-7-18-6-11(15)9(12)5-16-17;/h2-5,11H,6-7,15H2,1H3;1H. The Morgan fingerprint density at radius 2 is 2.26 bits per heavy atom. The molecule has 2 heterocycles. The number of para-hydroxylation sites is 1. The Bertz CT molecular complexity index is 577. The summed E-state index contributed by atoms with van der Waals surface area (Å²) in [6.07, 6.45) is 1.81. The van der Waals surface area contributed by atoms with E-state index in [1.807, 2.05) is 36.0 Å². The summed E-state index contributed by atoms with van der Waals surface area (Å²) in [6.45, 7) is 3.08. The smallest absolute Gasteiger partial charge is 0.0893 e. The van der Waals surface area contributed by atoms with Crippen LogP contribution in [0.5, 0.6) is 0 Å². The van der Waals surface area contributed by atoms with Crippen LogP contribution < -0.4 is 5.73 Å². The van der Waals surface area contributed by atoms with Crippen molar-refractivity contribution in [3.63, 3.8) is 0 Å². The lowest BCUT2D eigenvalue weighted by molar-refractivity contribution is 0.0885. The molecule has 3 rings (SSSR count). The molecule has 0 aliphatic carbocycles. The Balaban J connectivity index is 0.00000133.